The number of hydrogen-bond donors (Lipinski definition) is 5. The topological polar surface area (TPSA) is 204 Å². The molecule has 18 heteroatoms. The number of hydrogen-bond acceptors (Lipinski definition) is 9. The highest BCUT2D eigenvalue weighted by molar-refractivity contribution is 6.07. The Bertz CT molecular complexity index is 2760. The van der Waals surface area contributed by atoms with Crippen molar-refractivity contribution in [3.63, 3.8) is 0 Å². The van der Waals surface area contributed by atoms with Crippen molar-refractivity contribution in [3.8, 4) is 28.1 Å². The smallest absolute Gasteiger partial charge is 0.407 e. The van der Waals surface area contributed by atoms with Crippen LogP contribution in [-0.2, 0) is 25.7 Å². The second kappa shape index (κ2) is 19.6. The molecule has 6 aromatic rings. The lowest BCUT2D eigenvalue weighted by molar-refractivity contribution is -0.137. The molecule has 0 bridgehead atoms. The van der Waals surface area contributed by atoms with Gasteiger partial charge in [0, 0.05) is 36.6 Å². The lowest BCUT2D eigenvalue weighted by Gasteiger charge is -2.32. The fraction of sp³-hybridized carbons (Fsp3) is 0.375. The molecule has 2 aromatic heterocycles. The third-order valence-electron chi connectivity index (χ3n) is 12.9. The van der Waals surface area contributed by atoms with E-state index in [0.717, 1.165) is 61.9 Å². The van der Waals surface area contributed by atoms with Gasteiger partial charge in [0.05, 0.1) is 48.7 Å². The Morgan fingerprint density at radius 1 is 0.909 bits per heavy atom. The number of halogens is 2. The molecule has 0 unspecified atom stereocenters. The van der Waals surface area contributed by atoms with Crippen LogP contribution in [0.15, 0.2) is 79.0 Å². The molecule has 0 saturated carbocycles. The molecule has 0 aliphatic carbocycles. The average molecular weight is 942 g/mol. The van der Waals surface area contributed by atoms with Crippen molar-refractivity contribution in [2.24, 2.45) is 11.8 Å². The Hall–Kier alpha value is -6.36. The summed E-state index contributed by atoms with van der Waals surface area (Å²) in [4.78, 5) is 72.6. The lowest BCUT2D eigenvalue weighted by Crippen LogP contribution is -2.52. The maximum Gasteiger partial charge on any atom is 0.407 e. The van der Waals surface area contributed by atoms with Gasteiger partial charge in [0.1, 0.15) is 36.1 Å². The van der Waals surface area contributed by atoms with E-state index in [1.54, 1.807) is 35.2 Å². The molecule has 3 aliphatic rings. The van der Waals surface area contributed by atoms with Gasteiger partial charge in [-0.1, -0.05) is 62.4 Å². The summed E-state index contributed by atoms with van der Waals surface area (Å²) >= 11 is 0. The minimum atomic E-state index is -1.23. The van der Waals surface area contributed by atoms with Crippen molar-refractivity contribution in [3.05, 3.63) is 102 Å². The molecule has 0 spiro atoms. The van der Waals surface area contributed by atoms with Gasteiger partial charge >= 0.3 is 12.2 Å². The summed E-state index contributed by atoms with van der Waals surface area (Å²) in [5.41, 5.74) is 7.00. The quantitative estimate of drug-likeness (QED) is 0.0838. The Morgan fingerprint density at radius 3 is 2.42 bits per heavy atom. The van der Waals surface area contributed by atoms with Gasteiger partial charge in [0.15, 0.2) is 0 Å². The Morgan fingerprint density at radius 2 is 1.70 bits per heavy atom. The monoisotopic (exact) mass is 940 g/mol. The van der Waals surface area contributed by atoms with Crippen LogP contribution in [0, 0.1) is 11.8 Å². The van der Waals surface area contributed by atoms with Crippen LogP contribution >= 0.6 is 24.8 Å². The highest BCUT2D eigenvalue weighted by Crippen LogP contribution is 2.44. The van der Waals surface area contributed by atoms with Gasteiger partial charge in [-0.3, -0.25) is 9.59 Å². The summed E-state index contributed by atoms with van der Waals surface area (Å²) in [6, 6.07) is 21.0. The molecule has 4 aromatic carbocycles. The van der Waals surface area contributed by atoms with Crippen LogP contribution in [0.2, 0.25) is 0 Å². The summed E-state index contributed by atoms with van der Waals surface area (Å²) in [5.74, 6) is 1.38. The van der Waals surface area contributed by atoms with Crippen LogP contribution in [0.25, 0.3) is 44.2 Å². The number of carboxylic acid groups (broad SMARTS) is 1. The predicted octanol–water partition coefficient (Wildman–Crippen LogP) is 8.49. The number of aromatic amines is 2. The van der Waals surface area contributed by atoms with Crippen LogP contribution in [-0.4, -0.2) is 98.3 Å². The molecule has 3 aliphatic heterocycles. The zero-order chi connectivity index (χ0) is 44.8. The van der Waals surface area contributed by atoms with Gasteiger partial charge in [-0.2, -0.15) is 0 Å². The first-order valence-corrected chi connectivity index (χ1v) is 21.7. The van der Waals surface area contributed by atoms with Gasteiger partial charge in [0.2, 0.25) is 5.91 Å². The number of amides is 4. The number of likely N-dealkylation sites (tertiary alicyclic amines) is 2. The van der Waals surface area contributed by atoms with Gasteiger partial charge in [-0.05, 0) is 84.0 Å². The third-order valence-corrected chi connectivity index (χ3v) is 12.9. The number of aromatic nitrogens is 4. The van der Waals surface area contributed by atoms with E-state index in [-0.39, 0.29) is 66.6 Å². The third kappa shape index (κ3) is 8.96. The van der Waals surface area contributed by atoms with Crippen LogP contribution < -0.4 is 15.4 Å². The fourth-order valence-electron chi connectivity index (χ4n) is 9.77. The van der Waals surface area contributed by atoms with Crippen molar-refractivity contribution in [2.45, 2.75) is 76.8 Å². The van der Waals surface area contributed by atoms with Crippen LogP contribution in [0.4, 0.5) is 9.59 Å². The molecular weight excluding hydrogens is 887 g/mol. The molecule has 16 nitrogen and oxygen atoms in total. The van der Waals surface area contributed by atoms with E-state index in [1.807, 2.05) is 51.1 Å². The normalized spacial score (nSPS) is 19.5. The number of benzene rings is 4. The fourth-order valence-corrected chi connectivity index (χ4v) is 9.77. The predicted molar refractivity (Wildman–Crippen MR) is 253 cm³/mol. The summed E-state index contributed by atoms with van der Waals surface area (Å²) < 4.78 is 16.8. The molecule has 66 heavy (non-hydrogen) atoms. The Kier molecular flexibility index (Phi) is 14.2. The molecule has 2 fully saturated rings. The number of carbonyl (C=O) groups excluding carboxylic acids is 3. The van der Waals surface area contributed by atoms with Crippen molar-refractivity contribution in [1.29, 1.82) is 0 Å². The maximum atomic E-state index is 14.3. The number of alkyl carbamates (subject to hydrolysis) is 1. The van der Waals surface area contributed by atoms with Gasteiger partial charge < -0.3 is 49.7 Å². The number of H-pyrrole nitrogens is 2. The van der Waals surface area contributed by atoms with Gasteiger partial charge in [-0.15, -0.1) is 24.8 Å². The summed E-state index contributed by atoms with van der Waals surface area (Å²) in [7, 11) is 2.92. The van der Waals surface area contributed by atoms with Crippen molar-refractivity contribution in [2.75, 3.05) is 27.4 Å². The maximum absolute atomic E-state index is 14.3. The number of nitrogens with zero attached hydrogens (tertiary/aromatic N) is 4. The number of imidazole rings is 2. The zero-order valence-corrected chi connectivity index (χ0v) is 38.8. The van der Waals surface area contributed by atoms with E-state index in [9.17, 15) is 24.3 Å². The molecule has 5 N–H and O–H groups in total. The number of fused-ring (bicyclic) bond motifs is 6. The SMILES string of the molecule is COC[C@H]1C[C@@H](c2ncc(-c3ccc4c(c3)COc3cc5c(ccc6[nH]c([C@@H]7CC[C@H](C)N7C(=O)[C@@H](NC(=O)O)C(C)C)nc65)cc3-4)[nH]2)N(C(=O)[C@H](NC(=O)OC)c2ccccc2)C1.Cl.Cl. The summed E-state index contributed by atoms with van der Waals surface area (Å²) in [6.45, 7) is 6.92. The molecule has 6 atom stereocenters. The first-order chi connectivity index (χ1) is 30.9. The Balaban J connectivity index is 0.00000324. The molecule has 5 heterocycles. The second-order valence-corrected chi connectivity index (χ2v) is 17.4. The first kappa shape index (κ1) is 47.6. The largest absolute Gasteiger partial charge is 0.488 e. The molecule has 348 valence electrons. The zero-order valence-electron chi connectivity index (χ0n) is 37.2. The van der Waals surface area contributed by atoms with Crippen LogP contribution in [0.1, 0.15) is 80.9 Å². The molecule has 9 rings (SSSR count). The molecule has 4 amide bonds. The van der Waals surface area contributed by atoms with E-state index in [4.69, 9.17) is 24.2 Å². The number of carbonyl (C=O) groups is 4. The number of ether oxygens (including phenoxy) is 3. The average Bonchev–Trinajstić information content (AvgIpc) is 4.12. The van der Waals surface area contributed by atoms with E-state index in [2.05, 4.69) is 50.9 Å². The molecule has 0 radical (unpaired) electrons. The minimum Gasteiger partial charge on any atom is -0.488 e. The van der Waals surface area contributed by atoms with E-state index in [1.165, 1.54) is 7.11 Å². The number of rotatable bonds is 11. The summed E-state index contributed by atoms with van der Waals surface area (Å²) in [5, 5.41) is 16.5. The second-order valence-electron chi connectivity index (χ2n) is 17.4. The summed E-state index contributed by atoms with van der Waals surface area (Å²) in [6.07, 6.45) is 1.98. The highest BCUT2D eigenvalue weighted by atomic mass is 35.5. The van der Waals surface area contributed by atoms with E-state index < -0.39 is 24.3 Å². The van der Waals surface area contributed by atoms with E-state index in [0.29, 0.717) is 49.8 Å². The van der Waals surface area contributed by atoms with Crippen LogP contribution in [0.5, 0.6) is 5.75 Å². The lowest BCUT2D eigenvalue weighted by atomic mass is 9.92. The van der Waals surface area contributed by atoms with Crippen molar-refractivity contribution >= 4 is 70.6 Å². The first-order valence-electron chi connectivity index (χ1n) is 21.7. The highest BCUT2D eigenvalue weighted by Gasteiger charge is 2.43. The standard InChI is InChI=1S/C48H52N8O8.2ClH/c1-25(2)40(53-47(59)60)46(58)56-26(3)11-16-37(56)44-50-35-15-13-29-19-34-32-14-12-30(18-31(32)24-64-39(34)20-33(29)42(35)52-44)36-21-49-43(51-36)38-17-27(23-62-4)22-55(38)45(57)41(54-48(61)63-5)28-9-7-6-8-10-28;;/h6-10,12-15,18-21,25-27,37-38,40-41,53H,11,16-17,22-24H2,1-5H3,(H,49,51)(H,50,52)(H,54,61)(H,59,60);2*1H/t26-,27-,37-,38-,40-,41+;;/m0../s1. The molecular formula is C48H54Cl2N8O8. The van der Waals surface area contributed by atoms with Crippen molar-refractivity contribution < 1.29 is 38.5 Å². The van der Waals surface area contributed by atoms with Gasteiger partial charge in [0.25, 0.3) is 5.91 Å². The van der Waals surface area contributed by atoms with Crippen LogP contribution in [0.3, 0.4) is 0 Å². The number of nitrogens with one attached hydrogen (secondary N) is 4. The number of methoxy groups -OCH3 is 2. The Labute approximate surface area is 394 Å². The van der Waals surface area contributed by atoms with E-state index >= 15 is 0 Å². The van der Waals surface area contributed by atoms with Gasteiger partial charge in [-0.25, -0.2) is 19.6 Å². The van der Waals surface area contributed by atoms with Crippen molar-refractivity contribution in [1.82, 2.24) is 40.4 Å². The minimum absolute atomic E-state index is 0. The molecule has 2 saturated heterocycles.